The van der Waals surface area contributed by atoms with Gasteiger partial charge in [0.1, 0.15) is 4.99 Å². The fourth-order valence-corrected chi connectivity index (χ4v) is 0.617. The van der Waals surface area contributed by atoms with Gasteiger partial charge in [0.05, 0.1) is 5.48 Å². The fourth-order valence-electron chi connectivity index (χ4n) is 0.420. The summed E-state index contributed by atoms with van der Waals surface area (Å²) >= 11 is 10.2. The Morgan fingerprint density at radius 2 is 2.00 bits per heavy atom. The van der Waals surface area contributed by atoms with Gasteiger partial charge in [-0.15, -0.1) is 0 Å². The average Bonchev–Trinajstić information content (AvgIpc) is 2.11. The molecule has 0 aliphatic heterocycles. The van der Waals surface area contributed by atoms with Crippen LogP contribution in [0.1, 0.15) is 11.0 Å². The maximum Gasteiger partial charge on any atom is 0.103 e. The molecule has 0 aromatic heterocycles. The van der Waals surface area contributed by atoms with Crippen LogP contribution in [0.3, 0.4) is 0 Å². The van der Waals surface area contributed by atoms with Crippen LogP contribution in [-0.4, -0.2) is 4.99 Å². The van der Waals surface area contributed by atoms with E-state index in [9.17, 15) is 0 Å². The first-order valence-corrected chi connectivity index (χ1v) is 3.22. The topological polar surface area (TPSA) is 26.0 Å². The number of rotatable bonds is 1. The predicted octanol–water partition coefficient (Wildman–Crippen LogP) is 1.97. The summed E-state index contributed by atoms with van der Waals surface area (Å²) in [6, 6.07) is -1.25. The van der Waals surface area contributed by atoms with E-state index in [1.807, 2.05) is 0 Å². The highest BCUT2D eigenvalue weighted by Crippen LogP contribution is 2.08. The molecule has 3 heteroatoms. The van der Waals surface area contributed by atoms with Gasteiger partial charge < -0.3 is 5.73 Å². The van der Waals surface area contributed by atoms with Crippen molar-refractivity contribution in [1.29, 1.82) is 0 Å². The van der Waals surface area contributed by atoms with Crippen LogP contribution in [0.15, 0.2) is 24.2 Å². The molecule has 10 heavy (non-hydrogen) atoms. The standard InChI is InChI=1S/C7H6ClNS/c8-6-3-1-5(2-4-6)7(9)10/h1-4H,(H2,9,10)/i1D,2D,3D,4D. The van der Waals surface area contributed by atoms with Crippen molar-refractivity contribution < 1.29 is 5.48 Å². The van der Waals surface area contributed by atoms with Crippen molar-refractivity contribution in [2.75, 3.05) is 0 Å². The Labute approximate surface area is 75.4 Å². The van der Waals surface area contributed by atoms with E-state index >= 15 is 0 Å². The van der Waals surface area contributed by atoms with E-state index in [4.69, 9.17) is 22.8 Å². The van der Waals surface area contributed by atoms with Gasteiger partial charge in [0.2, 0.25) is 0 Å². The zero-order chi connectivity index (χ0) is 11.0. The van der Waals surface area contributed by atoms with E-state index in [0.717, 1.165) is 0 Å². The molecule has 1 rings (SSSR count). The molecule has 0 unspecified atom stereocenters. The van der Waals surface area contributed by atoms with E-state index < -0.39 is 0 Å². The summed E-state index contributed by atoms with van der Waals surface area (Å²) in [7, 11) is 0. The molecule has 0 heterocycles. The zero-order valence-corrected chi connectivity index (χ0v) is 6.44. The summed E-state index contributed by atoms with van der Waals surface area (Å²) in [6.07, 6.45) is 0. The summed E-state index contributed by atoms with van der Waals surface area (Å²) in [5.41, 5.74) is 5.21. The number of thiocarbonyl (C=S) groups is 1. The Morgan fingerprint density at radius 1 is 1.50 bits per heavy atom. The van der Waals surface area contributed by atoms with Crippen molar-refractivity contribution in [2.24, 2.45) is 5.73 Å². The van der Waals surface area contributed by atoms with Gasteiger partial charge in [0.25, 0.3) is 0 Å². The Bertz CT molecular complexity index is 392. The van der Waals surface area contributed by atoms with Gasteiger partial charge in [0, 0.05) is 10.6 Å². The van der Waals surface area contributed by atoms with Crippen molar-refractivity contribution in [2.45, 2.75) is 0 Å². The molecule has 0 saturated carbocycles. The van der Waals surface area contributed by atoms with E-state index in [2.05, 4.69) is 12.2 Å². The number of halogens is 1. The Hall–Kier alpha value is -0.600. The lowest BCUT2D eigenvalue weighted by atomic mass is 10.2. The van der Waals surface area contributed by atoms with Gasteiger partial charge in [-0.2, -0.15) is 0 Å². The van der Waals surface area contributed by atoms with Crippen LogP contribution in [0.5, 0.6) is 0 Å². The molecule has 0 saturated heterocycles. The minimum absolute atomic E-state index is 0.0700. The van der Waals surface area contributed by atoms with Crippen LogP contribution in [0, 0.1) is 0 Å². The molecule has 0 aliphatic carbocycles. The van der Waals surface area contributed by atoms with Crippen LogP contribution >= 0.6 is 23.8 Å². The molecule has 0 spiro atoms. The van der Waals surface area contributed by atoms with Gasteiger partial charge in [-0.05, 0) is 12.1 Å². The molecule has 52 valence electrons. The maximum absolute atomic E-state index is 7.46. The van der Waals surface area contributed by atoms with E-state index in [0.29, 0.717) is 0 Å². The molecule has 2 N–H and O–H groups in total. The molecular formula is C7H6ClNS. The summed E-state index contributed by atoms with van der Waals surface area (Å²) < 4.78 is 29.7. The largest absolute Gasteiger partial charge is 0.389 e. The van der Waals surface area contributed by atoms with Crippen molar-refractivity contribution in [1.82, 2.24) is 0 Å². The van der Waals surface area contributed by atoms with Crippen molar-refractivity contribution >= 4 is 28.8 Å². The third-order valence-corrected chi connectivity index (χ3v) is 1.23. The zero-order valence-electron chi connectivity index (χ0n) is 8.86. The van der Waals surface area contributed by atoms with E-state index in [1.54, 1.807) is 0 Å². The van der Waals surface area contributed by atoms with E-state index in [-0.39, 0.29) is 39.7 Å². The smallest absolute Gasteiger partial charge is 0.103 e. The molecule has 0 bridgehead atoms. The monoisotopic (exact) mass is 175 g/mol. The second kappa shape index (κ2) is 2.99. The highest BCUT2D eigenvalue weighted by molar-refractivity contribution is 7.80. The summed E-state index contributed by atoms with van der Waals surface area (Å²) in [5, 5.41) is -0.222. The van der Waals surface area contributed by atoms with Crippen LogP contribution < -0.4 is 5.73 Å². The van der Waals surface area contributed by atoms with Gasteiger partial charge in [0.15, 0.2) is 0 Å². The number of nitrogens with two attached hydrogens (primary N) is 1. The minimum atomic E-state index is -0.324. The van der Waals surface area contributed by atoms with Gasteiger partial charge in [-0.25, -0.2) is 0 Å². The highest BCUT2D eigenvalue weighted by Gasteiger charge is 1.92. The third-order valence-electron chi connectivity index (χ3n) is 0.841. The summed E-state index contributed by atoms with van der Waals surface area (Å²) in [4.78, 5) is -0.168. The number of benzene rings is 1. The SMILES string of the molecule is [2H]c1c([2H])c(C(N)=S)c([2H])c([2H])c1Cl. The normalized spacial score (nSPS) is 14.9. The van der Waals surface area contributed by atoms with Gasteiger partial charge in [-0.3, -0.25) is 0 Å². The second-order valence-corrected chi connectivity index (χ2v) is 2.37. The molecule has 0 radical (unpaired) electrons. The lowest BCUT2D eigenvalue weighted by Gasteiger charge is -1.95. The van der Waals surface area contributed by atoms with Crippen LogP contribution in [0.4, 0.5) is 0 Å². The lowest BCUT2D eigenvalue weighted by molar-refractivity contribution is 1.62. The first-order valence-electron chi connectivity index (χ1n) is 4.43. The fraction of sp³-hybridized carbons (Fsp3) is 0. The summed E-state index contributed by atoms with van der Waals surface area (Å²) in [5.74, 6) is 0. The number of hydrogen-bond donors (Lipinski definition) is 1. The molecule has 0 amide bonds. The van der Waals surface area contributed by atoms with Crippen LogP contribution in [0.25, 0.3) is 0 Å². The maximum atomic E-state index is 7.46. The molecule has 0 aliphatic rings. The minimum Gasteiger partial charge on any atom is -0.389 e. The molecule has 1 aromatic carbocycles. The molecule has 1 aromatic rings. The first kappa shape index (κ1) is 3.69. The Kier molecular flexibility index (Phi) is 1.11. The van der Waals surface area contributed by atoms with Gasteiger partial charge >= 0.3 is 0 Å². The Morgan fingerprint density at radius 3 is 2.40 bits per heavy atom. The number of hydrogen-bond acceptors (Lipinski definition) is 1. The predicted molar refractivity (Wildman–Crippen MR) is 47.3 cm³/mol. The molecule has 1 nitrogen and oxygen atoms in total. The van der Waals surface area contributed by atoms with Gasteiger partial charge in [-0.1, -0.05) is 35.9 Å². The third kappa shape index (κ3) is 1.69. The van der Waals surface area contributed by atoms with Crippen molar-refractivity contribution in [3.63, 3.8) is 0 Å². The average molecular weight is 176 g/mol. The van der Waals surface area contributed by atoms with Crippen LogP contribution in [-0.2, 0) is 0 Å². The quantitative estimate of drug-likeness (QED) is 0.661. The summed E-state index contributed by atoms with van der Waals surface area (Å²) in [6.45, 7) is 0. The lowest BCUT2D eigenvalue weighted by Crippen LogP contribution is -2.08. The van der Waals surface area contributed by atoms with Crippen molar-refractivity contribution in [3.05, 3.63) is 34.8 Å². The molecule has 0 atom stereocenters. The van der Waals surface area contributed by atoms with Crippen LogP contribution in [0.2, 0.25) is 5.02 Å². The highest BCUT2D eigenvalue weighted by atomic mass is 35.5. The molecular weight excluding hydrogens is 166 g/mol. The first-order chi connectivity index (χ1) is 6.37. The van der Waals surface area contributed by atoms with E-state index in [1.165, 1.54) is 0 Å². The van der Waals surface area contributed by atoms with Crippen molar-refractivity contribution in [3.8, 4) is 0 Å². The second-order valence-electron chi connectivity index (χ2n) is 1.55. The molecule has 0 fully saturated rings. The Balaban J connectivity index is 3.68.